The number of aromatic amines is 1. The molecule has 2 N–H and O–H groups in total. The minimum Gasteiger partial charge on any atom is -0.350 e. The molecule has 0 atom stereocenters. The van der Waals surface area contributed by atoms with Gasteiger partial charge >= 0.3 is 0 Å². The van der Waals surface area contributed by atoms with Crippen LogP contribution < -0.4 is 10.9 Å². The summed E-state index contributed by atoms with van der Waals surface area (Å²) < 4.78 is 24.1. The summed E-state index contributed by atoms with van der Waals surface area (Å²) in [6.07, 6.45) is 9.82. The van der Waals surface area contributed by atoms with Crippen LogP contribution in [0.15, 0.2) is 77.9 Å². The van der Waals surface area contributed by atoms with Crippen LogP contribution in [-0.2, 0) is 19.4 Å². The van der Waals surface area contributed by atoms with Crippen molar-refractivity contribution in [1.82, 2.24) is 15.3 Å². The maximum absolute atomic E-state index is 12.9. The molecule has 2 aromatic carbocycles. The maximum atomic E-state index is 12.9. The summed E-state index contributed by atoms with van der Waals surface area (Å²) in [7, 11) is -3.41. The fourth-order valence-corrected chi connectivity index (χ4v) is 4.83. The molecule has 0 saturated heterocycles. The van der Waals surface area contributed by atoms with E-state index in [0.29, 0.717) is 27.8 Å². The van der Waals surface area contributed by atoms with Crippen molar-refractivity contribution in [3.63, 3.8) is 0 Å². The molecule has 194 valence electrons. The third-order valence-electron chi connectivity index (χ3n) is 7.09. The fraction of sp³-hybridized carbons (Fsp3) is 0.233. The number of nitrogens with one attached hydrogen (secondary N) is 2. The number of benzene rings is 2. The van der Waals surface area contributed by atoms with Crippen LogP contribution in [0, 0.1) is 0 Å². The summed E-state index contributed by atoms with van der Waals surface area (Å²) >= 11 is 0. The number of carbonyl (C=O) groups excluding carboxylic acids is 1. The number of nitrogens with zero attached hydrogens (tertiary/aromatic N) is 1. The predicted molar refractivity (Wildman–Crippen MR) is 151 cm³/mol. The number of sulfone groups is 1. The van der Waals surface area contributed by atoms with Gasteiger partial charge in [-0.05, 0) is 79.8 Å². The first-order valence-corrected chi connectivity index (χ1v) is 14.3. The summed E-state index contributed by atoms with van der Waals surface area (Å²) in [4.78, 5) is 32.3. The maximum Gasteiger partial charge on any atom is 0.255 e. The number of amides is 1. The van der Waals surface area contributed by atoms with E-state index in [0.717, 1.165) is 29.4 Å². The second-order valence-electron chi connectivity index (χ2n) is 10.3. The first-order valence-electron chi connectivity index (χ1n) is 12.4. The van der Waals surface area contributed by atoms with Crippen LogP contribution in [0.5, 0.6) is 0 Å². The average molecular weight is 528 g/mol. The van der Waals surface area contributed by atoms with Gasteiger partial charge in [0.25, 0.3) is 5.56 Å². The number of rotatable bonds is 7. The van der Waals surface area contributed by atoms with Gasteiger partial charge in [-0.3, -0.25) is 14.6 Å². The van der Waals surface area contributed by atoms with Crippen molar-refractivity contribution >= 4 is 32.7 Å². The van der Waals surface area contributed by atoms with Crippen molar-refractivity contribution in [2.45, 2.75) is 37.5 Å². The highest BCUT2D eigenvalue weighted by Gasteiger charge is 2.33. The highest BCUT2D eigenvalue weighted by molar-refractivity contribution is 7.91. The van der Waals surface area contributed by atoms with Gasteiger partial charge in [0.15, 0.2) is 9.84 Å². The molecule has 1 aliphatic carbocycles. The Hall–Kier alpha value is -4.04. The largest absolute Gasteiger partial charge is 0.350 e. The summed E-state index contributed by atoms with van der Waals surface area (Å²) in [5.41, 5.74) is 4.46. The molecule has 8 heteroatoms. The molecule has 1 fully saturated rings. The molecule has 0 spiro atoms. The monoisotopic (exact) mass is 527 g/mol. The van der Waals surface area contributed by atoms with Crippen LogP contribution in [0.25, 0.3) is 39.2 Å². The van der Waals surface area contributed by atoms with Crippen LogP contribution >= 0.6 is 0 Å². The lowest BCUT2D eigenvalue weighted by Gasteiger charge is -2.24. The van der Waals surface area contributed by atoms with E-state index in [2.05, 4.69) is 15.3 Å². The Labute approximate surface area is 221 Å². The Morgan fingerprint density at radius 1 is 1.05 bits per heavy atom. The summed E-state index contributed by atoms with van der Waals surface area (Å²) in [5.74, 6) is -0.131. The van der Waals surface area contributed by atoms with Crippen LogP contribution in [0.3, 0.4) is 0 Å². The van der Waals surface area contributed by atoms with E-state index in [9.17, 15) is 18.0 Å². The van der Waals surface area contributed by atoms with Crippen molar-refractivity contribution in [2.75, 3.05) is 6.26 Å². The Balaban J connectivity index is 1.59. The van der Waals surface area contributed by atoms with E-state index in [-0.39, 0.29) is 17.5 Å². The lowest BCUT2D eigenvalue weighted by molar-refractivity contribution is -0.116. The van der Waals surface area contributed by atoms with E-state index >= 15 is 0 Å². The first-order chi connectivity index (χ1) is 18.0. The van der Waals surface area contributed by atoms with Gasteiger partial charge in [0.2, 0.25) is 5.91 Å². The number of pyridine rings is 2. The number of hydrogen-bond donors (Lipinski definition) is 2. The van der Waals surface area contributed by atoms with E-state index in [1.54, 1.807) is 38.4 Å². The summed E-state index contributed by atoms with van der Waals surface area (Å²) in [5, 5.41) is 3.73. The fourth-order valence-electron chi connectivity index (χ4n) is 4.29. The SMILES string of the molecule is CC(C)(c1cc(-c2c[nH]c(=O)c(-c3cccc(/C=C/C(=O)NC4CC4)c3)c2)c2ncccc2c1)S(C)(=O)=O. The van der Waals surface area contributed by atoms with E-state index in [1.807, 2.05) is 48.5 Å². The highest BCUT2D eigenvalue weighted by Crippen LogP contribution is 2.36. The molecular formula is C30H29N3O4S. The van der Waals surface area contributed by atoms with Crippen molar-refractivity contribution in [2.24, 2.45) is 0 Å². The molecule has 2 aromatic heterocycles. The second kappa shape index (κ2) is 9.68. The third kappa shape index (κ3) is 5.17. The molecule has 1 amide bonds. The van der Waals surface area contributed by atoms with Crippen molar-refractivity contribution in [3.05, 3.63) is 94.5 Å². The Bertz CT molecular complexity index is 1750. The first kappa shape index (κ1) is 25.6. The molecule has 7 nitrogen and oxygen atoms in total. The Morgan fingerprint density at radius 2 is 1.84 bits per heavy atom. The third-order valence-corrected chi connectivity index (χ3v) is 9.18. The van der Waals surface area contributed by atoms with Gasteiger partial charge in [-0.25, -0.2) is 8.42 Å². The van der Waals surface area contributed by atoms with Crippen LogP contribution in [0.1, 0.15) is 37.8 Å². The van der Waals surface area contributed by atoms with Gasteiger partial charge in [0.05, 0.1) is 10.3 Å². The zero-order valence-electron chi connectivity index (χ0n) is 21.5. The molecular weight excluding hydrogens is 498 g/mol. The minimum absolute atomic E-state index is 0.131. The van der Waals surface area contributed by atoms with Gasteiger partial charge in [-0.15, -0.1) is 0 Å². The zero-order chi connectivity index (χ0) is 27.1. The van der Waals surface area contributed by atoms with Crippen molar-refractivity contribution < 1.29 is 13.2 Å². The average Bonchev–Trinajstić information content (AvgIpc) is 3.70. The predicted octanol–water partition coefficient (Wildman–Crippen LogP) is 4.83. The molecule has 4 aromatic rings. The van der Waals surface area contributed by atoms with Gasteiger partial charge < -0.3 is 10.3 Å². The number of fused-ring (bicyclic) bond motifs is 1. The summed E-state index contributed by atoms with van der Waals surface area (Å²) in [6.45, 7) is 3.37. The molecule has 0 bridgehead atoms. The van der Waals surface area contributed by atoms with Crippen LogP contribution in [0.2, 0.25) is 0 Å². The number of aromatic nitrogens is 2. The quantitative estimate of drug-likeness (QED) is 0.335. The highest BCUT2D eigenvalue weighted by atomic mass is 32.2. The van der Waals surface area contributed by atoms with Gasteiger partial charge in [0.1, 0.15) is 0 Å². The summed E-state index contributed by atoms with van der Waals surface area (Å²) in [6, 6.07) is 16.9. The molecule has 0 unspecified atom stereocenters. The molecule has 1 saturated carbocycles. The zero-order valence-corrected chi connectivity index (χ0v) is 22.3. The van der Waals surface area contributed by atoms with E-state index < -0.39 is 14.6 Å². The molecule has 5 rings (SSSR count). The van der Waals surface area contributed by atoms with Crippen molar-refractivity contribution in [1.29, 1.82) is 0 Å². The standard InChI is InChI=1S/C30H29N3O4S/c1-30(2,38(3,36)37)23-15-21-8-5-13-31-28(21)25(17-23)22-16-26(29(35)32-18-22)20-7-4-6-19(14-20)9-12-27(34)33-24-10-11-24/h4-9,12-18,24H,10-11H2,1-3H3,(H,32,35)(H,33,34)/b12-9+. The lowest BCUT2D eigenvalue weighted by Crippen LogP contribution is -2.28. The van der Waals surface area contributed by atoms with E-state index in [4.69, 9.17) is 0 Å². The second-order valence-corrected chi connectivity index (χ2v) is 12.8. The number of carbonyl (C=O) groups is 1. The van der Waals surface area contributed by atoms with Crippen molar-refractivity contribution in [3.8, 4) is 22.3 Å². The minimum atomic E-state index is -3.41. The molecule has 1 aliphatic rings. The van der Waals surface area contributed by atoms with Gasteiger partial charge in [-0.1, -0.05) is 24.3 Å². The van der Waals surface area contributed by atoms with E-state index in [1.165, 1.54) is 12.3 Å². The topological polar surface area (TPSA) is 109 Å². The smallest absolute Gasteiger partial charge is 0.255 e. The molecule has 0 radical (unpaired) electrons. The van der Waals surface area contributed by atoms with Crippen LogP contribution in [-0.4, -0.2) is 36.6 Å². The Kier molecular flexibility index (Phi) is 6.53. The molecule has 0 aliphatic heterocycles. The molecule has 2 heterocycles. The number of H-pyrrole nitrogens is 1. The van der Waals surface area contributed by atoms with Gasteiger partial charge in [-0.2, -0.15) is 0 Å². The van der Waals surface area contributed by atoms with Gasteiger partial charge in [0, 0.05) is 52.8 Å². The van der Waals surface area contributed by atoms with Crippen LogP contribution in [0.4, 0.5) is 0 Å². The lowest BCUT2D eigenvalue weighted by atomic mass is 9.93. The molecule has 38 heavy (non-hydrogen) atoms. The Morgan fingerprint density at radius 3 is 2.58 bits per heavy atom. The normalized spacial score (nSPS) is 14.2. The number of hydrogen-bond acceptors (Lipinski definition) is 5.